The molecule has 4 aromatic rings. The van der Waals surface area contributed by atoms with Crippen molar-refractivity contribution < 1.29 is 14.5 Å². The quantitative estimate of drug-likeness (QED) is 0.196. The van der Waals surface area contributed by atoms with Gasteiger partial charge in [0.15, 0.2) is 0 Å². The predicted octanol–water partition coefficient (Wildman–Crippen LogP) is 6.26. The van der Waals surface area contributed by atoms with Gasteiger partial charge in [-0.05, 0) is 105 Å². The Hall–Kier alpha value is -2.76. The Kier molecular flexibility index (Phi) is 9.85. The van der Waals surface area contributed by atoms with Gasteiger partial charge in [-0.3, -0.25) is 9.59 Å². The molecule has 0 heterocycles. The van der Waals surface area contributed by atoms with Crippen LogP contribution in [0, 0.1) is 7.14 Å². The van der Waals surface area contributed by atoms with E-state index in [1.165, 1.54) is 11.1 Å². The number of benzene rings is 4. The van der Waals surface area contributed by atoms with Crippen LogP contribution in [-0.2, 0) is 4.94 Å². The fourth-order valence-electron chi connectivity index (χ4n) is 2.70. The molecule has 0 saturated carbocycles. The number of carbonyl (C=O) groups is 2. The fraction of sp³-hybridized carbons (Fsp3) is 0. The summed E-state index contributed by atoms with van der Waals surface area (Å²) in [6.45, 7) is 0. The first-order valence-corrected chi connectivity index (χ1v) is 12.1. The van der Waals surface area contributed by atoms with E-state index in [2.05, 4.69) is 105 Å². The Balaban J connectivity index is 0.000000215. The van der Waals surface area contributed by atoms with E-state index < -0.39 is 11.8 Å². The van der Waals surface area contributed by atoms with Crippen LogP contribution in [0.5, 0.6) is 0 Å². The molecule has 166 valence electrons. The van der Waals surface area contributed by atoms with Crippen LogP contribution >= 0.6 is 45.2 Å². The maximum atomic E-state index is 11.7. The molecule has 0 aliphatic heterocycles. The number of carbonyl (C=O) groups excluding carboxylic acids is 2. The lowest BCUT2D eigenvalue weighted by atomic mass is 10.1. The second kappa shape index (κ2) is 13.1. The Morgan fingerprint density at radius 3 is 1.18 bits per heavy atom. The van der Waals surface area contributed by atoms with Crippen LogP contribution in [0.25, 0.3) is 11.1 Å². The summed E-state index contributed by atoms with van der Waals surface area (Å²) in [4.78, 5) is 28.2. The second-order valence-electron chi connectivity index (χ2n) is 6.71. The summed E-state index contributed by atoms with van der Waals surface area (Å²) in [6, 6.07) is 34.7. The molecule has 2 amide bonds. The predicted molar refractivity (Wildman–Crippen MR) is 146 cm³/mol. The molecule has 2 N–H and O–H groups in total. The zero-order valence-electron chi connectivity index (χ0n) is 17.4. The number of hydrogen-bond acceptors (Lipinski definition) is 3. The van der Waals surface area contributed by atoms with Crippen molar-refractivity contribution in [2.75, 3.05) is 0 Å². The van der Waals surface area contributed by atoms with E-state index in [0.717, 1.165) is 7.14 Å². The topological polar surface area (TPSA) is 67.4 Å². The average Bonchev–Trinajstić information content (AvgIpc) is 2.86. The highest BCUT2D eigenvalue weighted by molar-refractivity contribution is 14.1. The van der Waals surface area contributed by atoms with Crippen molar-refractivity contribution in [1.82, 2.24) is 11.0 Å². The molecule has 4 aromatic carbocycles. The van der Waals surface area contributed by atoms with Crippen molar-refractivity contribution in [3.63, 3.8) is 0 Å². The summed E-state index contributed by atoms with van der Waals surface area (Å²) >= 11 is 4.29. The number of rotatable bonds is 5. The third-order valence-electron chi connectivity index (χ3n) is 4.38. The number of nitrogens with one attached hydrogen (secondary N) is 2. The largest absolute Gasteiger partial charge is 0.276 e. The zero-order chi connectivity index (χ0) is 23.5. The summed E-state index contributed by atoms with van der Waals surface area (Å²) in [6.07, 6.45) is 0. The van der Waals surface area contributed by atoms with Gasteiger partial charge in [0.1, 0.15) is 0 Å². The lowest BCUT2D eigenvalue weighted by Gasteiger charge is -2.07. The van der Waals surface area contributed by atoms with Gasteiger partial charge >= 0.3 is 0 Å². The third kappa shape index (κ3) is 8.26. The normalized spacial score (nSPS) is 9.88. The fourth-order valence-corrected chi connectivity index (χ4v) is 3.42. The third-order valence-corrected chi connectivity index (χ3v) is 5.82. The molecule has 33 heavy (non-hydrogen) atoms. The summed E-state index contributed by atoms with van der Waals surface area (Å²) in [5.41, 5.74) is 7.75. The zero-order valence-corrected chi connectivity index (χ0v) is 21.7. The minimum Gasteiger partial charge on any atom is -0.267 e. The number of hydroxylamine groups is 2. The van der Waals surface area contributed by atoms with Crippen molar-refractivity contribution >= 4 is 57.0 Å². The first kappa shape index (κ1) is 24.9. The molecule has 0 bridgehead atoms. The van der Waals surface area contributed by atoms with Crippen LogP contribution in [-0.4, -0.2) is 11.8 Å². The molecule has 0 aromatic heterocycles. The van der Waals surface area contributed by atoms with Gasteiger partial charge in [0.25, 0.3) is 11.8 Å². The summed E-state index contributed by atoms with van der Waals surface area (Å²) in [7, 11) is 0. The van der Waals surface area contributed by atoms with Gasteiger partial charge in [-0.1, -0.05) is 60.7 Å². The molecule has 7 heteroatoms. The highest BCUT2D eigenvalue weighted by atomic mass is 127. The highest BCUT2D eigenvalue weighted by Crippen LogP contribution is 2.17. The molecular weight excluding hydrogens is 642 g/mol. The van der Waals surface area contributed by atoms with Crippen molar-refractivity contribution in [3.8, 4) is 11.1 Å². The van der Waals surface area contributed by atoms with E-state index in [0.29, 0.717) is 11.1 Å². The lowest BCUT2D eigenvalue weighted by molar-refractivity contribution is -0.0184. The van der Waals surface area contributed by atoms with Crippen molar-refractivity contribution in [2.45, 2.75) is 0 Å². The standard InChI is InChI=1S/C14H10I2N2O3.C12H10/c15-11-5-1-9(2-6-11)13(19)17-21-18-14(20)10-3-7-12(16)8-4-10;1-3-7-11(8-4-1)12-9-5-2-6-10-12/h1-8H,(H,17,19)(H,18,20);1-10H. The lowest BCUT2D eigenvalue weighted by Crippen LogP contribution is -2.34. The van der Waals surface area contributed by atoms with Crippen molar-refractivity contribution in [1.29, 1.82) is 0 Å². The molecule has 0 aliphatic rings. The molecule has 0 radical (unpaired) electrons. The smallest absolute Gasteiger partial charge is 0.267 e. The van der Waals surface area contributed by atoms with E-state index in [-0.39, 0.29) is 0 Å². The van der Waals surface area contributed by atoms with Crippen molar-refractivity contribution in [3.05, 3.63) is 127 Å². The highest BCUT2D eigenvalue weighted by Gasteiger charge is 2.08. The minimum absolute atomic E-state index is 0.436. The number of amides is 2. The van der Waals surface area contributed by atoms with Crippen LogP contribution in [0.1, 0.15) is 20.7 Å². The van der Waals surface area contributed by atoms with Gasteiger partial charge in [0.2, 0.25) is 0 Å². The van der Waals surface area contributed by atoms with Crippen LogP contribution < -0.4 is 11.0 Å². The first-order chi connectivity index (χ1) is 16.0. The van der Waals surface area contributed by atoms with Gasteiger partial charge in [-0.15, -0.1) is 0 Å². The van der Waals surface area contributed by atoms with E-state index in [1.807, 2.05) is 12.1 Å². The van der Waals surface area contributed by atoms with E-state index >= 15 is 0 Å². The van der Waals surface area contributed by atoms with E-state index in [9.17, 15) is 9.59 Å². The molecule has 0 atom stereocenters. The van der Waals surface area contributed by atoms with E-state index in [1.54, 1.807) is 48.5 Å². The Bertz CT molecular complexity index is 1070. The molecule has 5 nitrogen and oxygen atoms in total. The molecule has 4 rings (SSSR count). The molecule has 0 aliphatic carbocycles. The maximum absolute atomic E-state index is 11.7. The summed E-state index contributed by atoms with van der Waals surface area (Å²) in [5, 5.41) is 0. The van der Waals surface area contributed by atoms with Crippen molar-refractivity contribution in [2.24, 2.45) is 0 Å². The summed E-state index contributed by atoms with van der Waals surface area (Å²) < 4.78 is 2.05. The maximum Gasteiger partial charge on any atom is 0.276 e. The SMILES string of the molecule is O=C(NONC(=O)c1ccc(I)cc1)c1ccc(I)cc1.c1ccc(-c2ccccc2)cc1. The van der Waals surface area contributed by atoms with Gasteiger partial charge in [-0.25, -0.2) is 11.0 Å². The summed E-state index contributed by atoms with van der Waals surface area (Å²) in [5.74, 6) is -0.872. The first-order valence-electron chi connectivity index (χ1n) is 9.91. The van der Waals surface area contributed by atoms with Crippen LogP contribution in [0.3, 0.4) is 0 Å². The number of hydrogen-bond donors (Lipinski definition) is 2. The molecule has 0 unspecified atom stereocenters. The molecule has 0 saturated heterocycles. The van der Waals surface area contributed by atoms with Gasteiger partial charge in [0.05, 0.1) is 0 Å². The second-order valence-corrected chi connectivity index (χ2v) is 9.20. The Morgan fingerprint density at radius 1 is 0.515 bits per heavy atom. The van der Waals surface area contributed by atoms with Crippen LogP contribution in [0.4, 0.5) is 0 Å². The minimum atomic E-state index is -0.436. The Morgan fingerprint density at radius 2 is 0.848 bits per heavy atom. The molecule has 0 fully saturated rings. The van der Waals surface area contributed by atoms with Gasteiger partial charge < -0.3 is 0 Å². The van der Waals surface area contributed by atoms with Gasteiger partial charge in [0, 0.05) is 18.3 Å². The van der Waals surface area contributed by atoms with Crippen LogP contribution in [0.2, 0.25) is 0 Å². The molecular formula is C26H20I2N2O3. The van der Waals surface area contributed by atoms with Gasteiger partial charge in [-0.2, -0.15) is 4.94 Å². The molecule has 0 spiro atoms. The monoisotopic (exact) mass is 662 g/mol. The van der Waals surface area contributed by atoms with Crippen LogP contribution in [0.15, 0.2) is 109 Å². The Labute approximate surface area is 219 Å². The average molecular weight is 662 g/mol. The number of halogens is 2. The van der Waals surface area contributed by atoms with E-state index in [4.69, 9.17) is 4.94 Å².